The fourth-order valence-electron chi connectivity index (χ4n) is 4.23. The Labute approximate surface area is 293 Å². The van der Waals surface area contributed by atoms with Gasteiger partial charge in [-0.3, -0.25) is 0 Å². The molecular formula is C36H72O7Si4. The second kappa shape index (κ2) is 14.2. The minimum atomic E-state index is -2.38. The van der Waals surface area contributed by atoms with Gasteiger partial charge >= 0.3 is 0 Å². The lowest BCUT2D eigenvalue weighted by atomic mass is 9.99. The van der Waals surface area contributed by atoms with Gasteiger partial charge in [-0.2, -0.15) is 0 Å². The van der Waals surface area contributed by atoms with Crippen LogP contribution in [0.15, 0.2) is 24.3 Å². The van der Waals surface area contributed by atoms with Gasteiger partial charge < -0.3 is 32.3 Å². The average Bonchev–Trinajstić information content (AvgIpc) is 2.84. The summed E-state index contributed by atoms with van der Waals surface area (Å²) in [6.45, 7) is 45.8. The van der Waals surface area contributed by atoms with Crippen molar-refractivity contribution < 1.29 is 32.3 Å². The molecule has 0 aliphatic carbocycles. The van der Waals surface area contributed by atoms with Crippen LogP contribution in [-0.2, 0) is 22.4 Å². The number of ether oxygens (including phenoxy) is 2. The summed E-state index contributed by atoms with van der Waals surface area (Å²) in [5, 5.41) is 9.91. The lowest BCUT2D eigenvalue weighted by molar-refractivity contribution is -0.266. The summed E-state index contributed by atoms with van der Waals surface area (Å²) in [5.41, 5.74) is 0. The summed E-state index contributed by atoms with van der Waals surface area (Å²) < 4.78 is 42.9. The Balaban J connectivity index is 2.86. The third kappa shape index (κ3) is 10.5. The van der Waals surface area contributed by atoms with E-state index in [2.05, 4.69) is 135 Å². The summed E-state index contributed by atoms with van der Waals surface area (Å²) in [6, 6.07) is 6.80. The topological polar surface area (TPSA) is 75.6 Å². The largest absolute Gasteiger partial charge is 0.508 e. The zero-order valence-corrected chi connectivity index (χ0v) is 37.8. The van der Waals surface area contributed by atoms with E-state index in [4.69, 9.17) is 27.2 Å². The van der Waals surface area contributed by atoms with Crippen molar-refractivity contribution in [3.63, 3.8) is 0 Å². The summed E-state index contributed by atoms with van der Waals surface area (Å²) in [6.07, 6.45) is -2.67. The molecule has 1 N–H and O–H groups in total. The molecule has 11 heteroatoms. The van der Waals surface area contributed by atoms with E-state index in [1.807, 2.05) is 0 Å². The van der Waals surface area contributed by atoms with Gasteiger partial charge in [-0.15, -0.1) is 0 Å². The molecular weight excluding hydrogens is 657 g/mol. The number of phenols is 1. The highest BCUT2D eigenvalue weighted by molar-refractivity contribution is 6.75. The van der Waals surface area contributed by atoms with E-state index in [-0.39, 0.29) is 25.9 Å². The van der Waals surface area contributed by atoms with Crippen molar-refractivity contribution in [1.82, 2.24) is 0 Å². The van der Waals surface area contributed by atoms with E-state index in [1.165, 1.54) is 0 Å². The molecule has 0 amide bonds. The van der Waals surface area contributed by atoms with Gasteiger partial charge in [-0.05, 0) is 96.8 Å². The second-order valence-corrected chi connectivity index (χ2v) is 38.8. The van der Waals surface area contributed by atoms with Gasteiger partial charge in [0, 0.05) is 0 Å². The normalized spacial score (nSPS) is 24.4. The molecule has 0 spiro atoms. The zero-order chi connectivity index (χ0) is 36.8. The van der Waals surface area contributed by atoms with E-state index in [9.17, 15) is 5.11 Å². The van der Waals surface area contributed by atoms with Crippen LogP contribution < -0.4 is 4.74 Å². The standard InChI is InChI=1S/C36H72O7Si4/c1-33(2,3)44(13,14)38-25-28-29(41-45(15,16)34(4,5)6)30(42-46(17,18)35(7,8)9)31(43-47(19,20)36(10,11)12)32(40-28)39-27-23-21-26(37)22-24-27/h21-24,28-32,37H,25H2,1-20H3. The molecule has 7 nitrogen and oxygen atoms in total. The maximum Gasteiger partial charge on any atom is 0.228 e. The summed E-state index contributed by atoms with van der Waals surface area (Å²) >= 11 is 0. The number of aromatic hydroxyl groups is 1. The molecule has 1 aliphatic heterocycles. The zero-order valence-electron chi connectivity index (χ0n) is 33.8. The maximum atomic E-state index is 10.0. The SMILES string of the molecule is CC(C)(C)[Si](C)(C)OCC1OC(Oc2ccc(O)cc2)C(O[Si](C)(C)C(C)(C)C)C(O[Si](C)(C)C(C)(C)C)C1O[Si](C)(C)C(C)(C)C. The fourth-order valence-corrected chi connectivity index (χ4v) is 9.14. The van der Waals surface area contributed by atoms with Gasteiger partial charge in [0.1, 0.15) is 35.9 Å². The Kier molecular flexibility index (Phi) is 12.9. The van der Waals surface area contributed by atoms with Crippen LogP contribution in [0, 0.1) is 0 Å². The van der Waals surface area contributed by atoms with Gasteiger partial charge in [-0.1, -0.05) is 83.1 Å². The van der Waals surface area contributed by atoms with Crippen LogP contribution in [0.1, 0.15) is 83.1 Å². The Bertz CT molecular complexity index is 1160. The summed E-state index contributed by atoms with van der Waals surface area (Å²) in [4.78, 5) is 0. The molecule has 2 rings (SSSR count). The van der Waals surface area contributed by atoms with Crippen LogP contribution in [-0.4, -0.2) is 75.7 Å². The predicted octanol–water partition coefficient (Wildman–Crippen LogP) is 10.7. The van der Waals surface area contributed by atoms with Crippen molar-refractivity contribution in [2.24, 2.45) is 0 Å². The van der Waals surface area contributed by atoms with Crippen LogP contribution in [0.2, 0.25) is 72.5 Å². The predicted molar refractivity (Wildman–Crippen MR) is 207 cm³/mol. The number of phenolic OH excluding ortho intramolecular Hbond substituents is 1. The van der Waals surface area contributed by atoms with Crippen molar-refractivity contribution in [3.8, 4) is 11.5 Å². The molecule has 0 saturated carbocycles. The summed E-state index contributed by atoms with van der Waals surface area (Å²) in [5.74, 6) is 0.772. The lowest BCUT2D eigenvalue weighted by Crippen LogP contribution is -2.69. The number of hydrogen-bond acceptors (Lipinski definition) is 7. The van der Waals surface area contributed by atoms with E-state index in [1.54, 1.807) is 24.3 Å². The van der Waals surface area contributed by atoms with Gasteiger partial charge in [0.05, 0.1) is 6.61 Å². The highest BCUT2D eigenvalue weighted by Gasteiger charge is 2.57. The second-order valence-electron chi connectivity index (χ2n) is 19.8. The maximum absolute atomic E-state index is 10.0. The van der Waals surface area contributed by atoms with Crippen LogP contribution in [0.3, 0.4) is 0 Å². The smallest absolute Gasteiger partial charge is 0.228 e. The van der Waals surface area contributed by atoms with Gasteiger partial charge in [-0.25, -0.2) is 0 Å². The van der Waals surface area contributed by atoms with Crippen molar-refractivity contribution in [1.29, 1.82) is 0 Å². The van der Waals surface area contributed by atoms with Crippen molar-refractivity contribution >= 4 is 33.3 Å². The summed E-state index contributed by atoms with van der Waals surface area (Å²) in [7, 11) is -9.23. The first kappa shape index (κ1) is 42.7. The first-order valence-electron chi connectivity index (χ1n) is 17.5. The quantitative estimate of drug-likeness (QED) is 0.227. The van der Waals surface area contributed by atoms with E-state index < -0.39 is 64.0 Å². The lowest BCUT2D eigenvalue weighted by Gasteiger charge is -2.54. The first-order valence-corrected chi connectivity index (χ1v) is 29.1. The Morgan fingerprint density at radius 2 is 0.915 bits per heavy atom. The Hall–Kier alpha value is -0.512. The van der Waals surface area contributed by atoms with Crippen LogP contribution >= 0.6 is 0 Å². The molecule has 0 bridgehead atoms. The van der Waals surface area contributed by atoms with E-state index in [0.717, 1.165) is 0 Å². The molecule has 1 aromatic carbocycles. The number of hydrogen-bond donors (Lipinski definition) is 1. The van der Waals surface area contributed by atoms with E-state index in [0.29, 0.717) is 12.4 Å². The van der Waals surface area contributed by atoms with Gasteiger partial charge in [0.2, 0.25) is 6.29 Å². The minimum Gasteiger partial charge on any atom is -0.508 e. The van der Waals surface area contributed by atoms with Crippen LogP contribution in [0.25, 0.3) is 0 Å². The Morgan fingerprint density at radius 3 is 1.30 bits per heavy atom. The molecule has 5 unspecified atom stereocenters. The highest BCUT2D eigenvalue weighted by atomic mass is 28.4. The molecule has 1 heterocycles. The minimum absolute atomic E-state index is 0.0322. The molecule has 1 saturated heterocycles. The van der Waals surface area contributed by atoms with Crippen molar-refractivity contribution in [2.45, 2.75) is 186 Å². The molecule has 0 aromatic heterocycles. The van der Waals surface area contributed by atoms with Crippen LogP contribution in [0.5, 0.6) is 11.5 Å². The molecule has 1 aromatic rings. The highest BCUT2D eigenvalue weighted by Crippen LogP contribution is 2.46. The third-order valence-corrected chi connectivity index (χ3v) is 29.7. The van der Waals surface area contributed by atoms with Crippen molar-refractivity contribution in [3.05, 3.63) is 24.3 Å². The third-order valence-electron chi connectivity index (χ3n) is 11.8. The monoisotopic (exact) mass is 728 g/mol. The first-order chi connectivity index (χ1) is 20.7. The number of benzene rings is 1. The molecule has 274 valence electrons. The van der Waals surface area contributed by atoms with Crippen molar-refractivity contribution in [2.75, 3.05) is 6.61 Å². The molecule has 1 aliphatic rings. The average molecular weight is 729 g/mol. The van der Waals surface area contributed by atoms with Gasteiger partial charge in [0.25, 0.3) is 0 Å². The molecule has 47 heavy (non-hydrogen) atoms. The molecule has 5 atom stereocenters. The van der Waals surface area contributed by atoms with E-state index >= 15 is 0 Å². The Morgan fingerprint density at radius 1 is 0.553 bits per heavy atom. The fraction of sp³-hybridized carbons (Fsp3) is 0.833. The number of rotatable bonds is 11. The van der Waals surface area contributed by atoms with Crippen LogP contribution in [0.4, 0.5) is 0 Å². The molecule has 0 radical (unpaired) electrons. The van der Waals surface area contributed by atoms with Gasteiger partial charge in [0.15, 0.2) is 33.3 Å². The molecule has 1 fully saturated rings.